The zero-order valence-electron chi connectivity index (χ0n) is 8.22. The molecule has 1 amide bonds. The maximum atomic E-state index is 11.2. The number of amides is 1. The number of carbonyl (C=O) groups excluding carboxylic acids is 1. The van der Waals surface area contributed by atoms with Gasteiger partial charge in [-0.3, -0.25) is 4.79 Å². The van der Waals surface area contributed by atoms with Gasteiger partial charge >= 0.3 is 0 Å². The van der Waals surface area contributed by atoms with Gasteiger partial charge in [0.2, 0.25) is 11.8 Å². The summed E-state index contributed by atoms with van der Waals surface area (Å²) in [7, 11) is -2.17. The predicted molar refractivity (Wildman–Crippen MR) is 52.4 cm³/mol. The van der Waals surface area contributed by atoms with Gasteiger partial charge in [0, 0.05) is 17.9 Å². The molecule has 15 heavy (non-hydrogen) atoms. The van der Waals surface area contributed by atoms with E-state index in [0.717, 1.165) is 12.3 Å². The molecular weight excluding hydrogens is 220 g/mol. The van der Waals surface area contributed by atoms with Crippen LogP contribution < -0.4 is 10.5 Å². The number of rotatable bonds is 3. The fraction of sp³-hybridized carbons (Fsp3) is 0.250. The average molecular weight is 230 g/mol. The summed E-state index contributed by atoms with van der Waals surface area (Å²) in [6.07, 6.45) is 0.986. The van der Waals surface area contributed by atoms with E-state index in [4.69, 9.17) is 10.5 Å². The molecule has 0 atom stereocenters. The number of ether oxygens (including phenoxy) is 1. The number of aromatic nitrogens is 1. The zero-order chi connectivity index (χ0) is 11.6. The molecule has 0 aliphatic carbocycles. The van der Waals surface area contributed by atoms with Crippen LogP contribution in [0, 0.1) is 0 Å². The molecule has 0 aromatic carbocycles. The molecule has 82 valence electrons. The molecule has 0 radical (unpaired) electrons. The van der Waals surface area contributed by atoms with Crippen LogP contribution in [0.1, 0.15) is 10.4 Å². The molecule has 6 nitrogen and oxygen atoms in total. The second kappa shape index (κ2) is 3.85. The lowest BCUT2D eigenvalue weighted by Crippen LogP contribution is -2.13. The molecule has 0 unspecified atom stereocenters. The van der Waals surface area contributed by atoms with Gasteiger partial charge in [-0.15, -0.1) is 0 Å². The van der Waals surface area contributed by atoms with Crippen LogP contribution in [0.15, 0.2) is 17.2 Å². The standard InChI is InChI=1S/C8H10N2O4S/c1-14-6-3-5(8(9)11)4-7(10-6)15(2,12)13/h3-4H,1-2H3,(H2,9,11). The Morgan fingerprint density at radius 3 is 2.47 bits per heavy atom. The average Bonchev–Trinajstić information content (AvgIpc) is 2.15. The Labute approximate surface area is 87.0 Å². The highest BCUT2D eigenvalue weighted by Gasteiger charge is 2.14. The molecule has 0 fully saturated rings. The van der Waals surface area contributed by atoms with Gasteiger partial charge in [-0.2, -0.15) is 0 Å². The monoisotopic (exact) mass is 230 g/mol. The van der Waals surface area contributed by atoms with Gasteiger partial charge in [-0.25, -0.2) is 13.4 Å². The number of hydrogen-bond donors (Lipinski definition) is 1. The molecule has 0 saturated heterocycles. The minimum absolute atomic E-state index is 0.0340. The lowest BCUT2D eigenvalue weighted by Gasteiger charge is -2.04. The maximum absolute atomic E-state index is 11.2. The van der Waals surface area contributed by atoms with E-state index < -0.39 is 15.7 Å². The highest BCUT2D eigenvalue weighted by Crippen LogP contribution is 2.15. The van der Waals surface area contributed by atoms with Crippen LogP contribution in [0.3, 0.4) is 0 Å². The third-order valence-corrected chi connectivity index (χ3v) is 2.62. The van der Waals surface area contributed by atoms with Gasteiger partial charge in [0.15, 0.2) is 14.9 Å². The third-order valence-electron chi connectivity index (χ3n) is 1.65. The maximum Gasteiger partial charge on any atom is 0.248 e. The number of sulfone groups is 1. The summed E-state index contributed by atoms with van der Waals surface area (Å²) in [5.74, 6) is -0.702. The van der Waals surface area contributed by atoms with E-state index in [9.17, 15) is 13.2 Å². The van der Waals surface area contributed by atoms with Crippen molar-refractivity contribution in [2.24, 2.45) is 5.73 Å². The Hall–Kier alpha value is -1.63. The number of nitrogens with zero attached hydrogens (tertiary/aromatic N) is 1. The number of nitrogens with two attached hydrogens (primary N) is 1. The summed E-state index contributed by atoms with van der Waals surface area (Å²) in [6, 6.07) is 2.39. The molecular formula is C8H10N2O4S. The fourth-order valence-corrected chi connectivity index (χ4v) is 1.51. The van der Waals surface area contributed by atoms with Gasteiger partial charge < -0.3 is 10.5 Å². The highest BCUT2D eigenvalue weighted by atomic mass is 32.2. The molecule has 0 saturated carbocycles. The quantitative estimate of drug-likeness (QED) is 0.761. The van der Waals surface area contributed by atoms with Crippen molar-refractivity contribution in [1.29, 1.82) is 0 Å². The summed E-state index contributed by atoms with van der Waals surface area (Å²) in [6.45, 7) is 0. The Kier molecular flexibility index (Phi) is 2.94. The van der Waals surface area contributed by atoms with E-state index >= 15 is 0 Å². The smallest absolute Gasteiger partial charge is 0.248 e. The first kappa shape index (κ1) is 11.4. The molecule has 1 aromatic heterocycles. The largest absolute Gasteiger partial charge is 0.481 e. The van der Waals surface area contributed by atoms with Crippen molar-refractivity contribution < 1.29 is 17.9 Å². The van der Waals surface area contributed by atoms with Crippen molar-refractivity contribution >= 4 is 15.7 Å². The van der Waals surface area contributed by atoms with Crippen molar-refractivity contribution in [2.75, 3.05) is 13.4 Å². The Morgan fingerprint density at radius 2 is 2.07 bits per heavy atom. The summed E-state index contributed by atoms with van der Waals surface area (Å²) in [5, 5.41) is -0.240. The van der Waals surface area contributed by atoms with Gasteiger partial charge in [0.1, 0.15) is 0 Å². The number of pyridine rings is 1. The zero-order valence-corrected chi connectivity index (χ0v) is 9.04. The van der Waals surface area contributed by atoms with Crippen molar-refractivity contribution in [3.05, 3.63) is 17.7 Å². The second-order valence-corrected chi connectivity index (χ2v) is 4.84. The van der Waals surface area contributed by atoms with Crippen molar-refractivity contribution in [1.82, 2.24) is 4.98 Å². The summed E-state index contributed by atoms with van der Waals surface area (Å²) in [5.41, 5.74) is 5.08. The predicted octanol–water partition coefficient (Wildman–Crippen LogP) is -0.407. The summed E-state index contributed by atoms with van der Waals surface area (Å²) < 4.78 is 27.2. The van der Waals surface area contributed by atoms with Gasteiger partial charge in [0.05, 0.1) is 7.11 Å². The fourth-order valence-electron chi connectivity index (χ4n) is 0.918. The first-order valence-electron chi connectivity index (χ1n) is 3.90. The van der Waals surface area contributed by atoms with Crippen LogP contribution in [0.4, 0.5) is 0 Å². The highest BCUT2D eigenvalue weighted by molar-refractivity contribution is 7.90. The molecule has 0 bridgehead atoms. The number of primary amides is 1. The topological polar surface area (TPSA) is 99.4 Å². The van der Waals surface area contributed by atoms with E-state index in [-0.39, 0.29) is 16.5 Å². The van der Waals surface area contributed by atoms with E-state index in [1.807, 2.05) is 0 Å². The van der Waals surface area contributed by atoms with Crippen LogP contribution >= 0.6 is 0 Å². The van der Waals surface area contributed by atoms with Gasteiger partial charge in [0.25, 0.3) is 0 Å². The summed E-state index contributed by atoms with van der Waals surface area (Å²) in [4.78, 5) is 14.6. The molecule has 2 N–H and O–H groups in total. The number of methoxy groups -OCH3 is 1. The van der Waals surface area contributed by atoms with E-state index in [1.54, 1.807) is 0 Å². The van der Waals surface area contributed by atoms with Crippen molar-refractivity contribution in [3.63, 3.8) is 0 Å². The van der Waals surface area contributed by atoms with Crippen molar-refractivity contribution in [2.45, 2.75) is 5.03 Å². The Balaban J connectivity index is 3.43. The normalized spacial score (nSPS) is 11.1. The van der Waals surface area contributed by atoms with Crippen LogP contribution in [-0.2, 0) is 9.84 Å². The minimum atomic E-state index is -3.49. The molecule has 0 spiro atoms. The Morgan fingerprint density at radius 1 is 1.47 bits per heavy atom. The first-order valence-corrected chi connectivity index (χ1v) is 5.79. The Bertz CT molecular complexity index is 495. The number of hydrogen-bond acceptors (Lipinski definition) is 5. The molecule has 1 heterocycles. The molecule has 0 aliphatic heterocycles. The lowest BCUT2D eigenvalue weighted by molar-refractivity contribution is 0.0999. The van der Waals surface area contributed by atoms with E-state index in [1.165, 1.54) is 13.2 Å². The molecule has 1 aromatic rings. The second-order valence-electron chi connectivity index (χ2n) is 2.87. The van der Waals surface area contributed by atoms with Crippen LogP contribution in [0.5, 0.6) is 5.88 Å². The van der Waals surface area contributed by atoms with E-state index in [0.29, 0.717) is 0 Å². The molecule has 1 rings (SSSR count). The van der Waals surface area contributed by atoms with Gasteiger partial charge in [-0.1, -0.05) is 0 Å². The first-order chi connectivity index (χ1) is 6.84. The van der Waals surface area contributed by atoms with E-state index in [2.05, 4.69) is 4.98 Å². The SMILES string of the molecule is COc1cc(C(N)=O)cc(S(C)(=O)=O)n1. The third kappa shape index (κ3) is 2.66. The van der Waals surface area contributed by atoms with Gasteiger partial charge in [-0.05, 0) is 6.07 Å². The molecule has 7 heteroatoms. The number of carbonyl (C=O) groups is 1. The van der Waals surface area contributed by atoms with Crippen molar-refractivity contribution in [3.8, 4) is 5.88 Å². The lowest BCUT2D eigenvalue weighted by atomic mass is 10.2. The van der Waals surface area contributed by atoms with Crippen LogP contribution in [0.2, 0.25) is 0 Å². The minimum Gasteiger partial charge on any atom is -0.481 e. The summed E-state index contributed by atoms with van der Waals surface area (Å²) >= 11 is 0. The molecule has 0 aliphatic rings. The van der Waals surface area contributed by atoms with Crippen LogP contribution in [0.25, 0.3) is 0 Å². The van der Waals surface area contributed by atoms with Crippen LogP contribution in [-0.4, -0.2) is 32.7 Å².